The Bertz CT molecular complexity index is 2590. The van der Waals surface area contributed by atoms with E-state index in [1.165, 1.54) is 83.5 Å². The standard InChI is InChI=1S/C59H85N5O9S.Na/c1-8-11-13-15-17-19-21-23-25-27-32-72-50(65)30-29-43-39(5)45-35-46-40(6)51(58(67)60-31-34-74(69,70)71)49(62-46)37-44-38(4)42(10-3)48(61-44)36-47-41(7)52-56(64-47)53(55(43)63-45)54(57(52)66)59(68)73-33-28-26-24-22-20-18-16-14-12-9-2;/h35-37,39,43,54,60,63,67H,8-34H2,1-7H3,(H,69,70,71);/q;+1/p-1/t39-,43-,54+;/m0./s1. The van der Waals surface area contributed by atoms with E-state index < -0.39 is 39.6 Å². The predicted molar refractivity (Wildman–Crippen MR) is 293 cm³/mol. The van der Waals surface area contributed by atoms with Gasteiger partial charge in [-0.1, -0.05) is 143 Å². The molecule has 2 fully saturated rings. The summed E-state index contributed by atoms with van der Waals surface area (Å²) in [6.45, 7) is 14.3. The molecule has 406 valence electrons. The van der Waals surface area contributed by atoms with Gasteiger partial charge in [0, 0.05) is 52.9 Å². The maximum Gasteiger partial charge on any atom is 1.00 e. The Labute approximate surface area is 470 Å². The molecule has 0 unspecified atom stereocenters. The Kier molecular flexibility index (Phi) is 24.8. The molecule has 1 saturated heterocycles. The number of aliphatic imine (C=N–C) groups is 3. The molecule has 3 atom stereocenters. The first-order valence-electron chi connectivity index (χ1n) is 28.1. The normalized spacial score (nSPS) is 20.7. The van der Waals surface area contributed by atoms with Gasteiger partial charge in [-0.2, -0.15) is 8.42 Å². The van der Waals surface area contributed by atoms with E-state index in [1.807, 2.05) is 39.8 Å². The molecule has 14 nitrogen and oxygen atoms in total. The summed E-state index contributed by atoms with van der Waals surface area (Å²) in [5.74, 6) is -4.51. The minimum absolute atomic E-state index is 0. The maximum absolute atomic E-state index is 14.9. The van der Waals surface area contributed by atoms with E-state index in [0.29, 0.717) is 93.8 Å². The van der Waals surface area contributed by atoms with Crippen LogP contribution in [0.25, 0.3) is 0 Å². The fourth-order valence-corrected chi connectivity index (χ4v) is 11.4. The van der Waals surface area contributed by atoms with E-state index in [9.17, 15) is 32.5 Å². The third-order valence-corrected chi connectivity index (χ3v) is 16.1. The molecular formula is C59H84N5NaO9S. The number of nitrogens with one attached hydrogen (secondary N) is 2. The number of hydrogen-bond donors (Lipinski definition) is 3. The zero-order chi connectivity index (χ0) is 53.4. The second-order valence-corrected chi connectivity index (χ2v) is 22.5. The summed E-state index contributed by atoms with van der Waals surface area (Å²) in [7, 11) is -4.34. The first-order valence-corrected chi connectivity index (χ1v) is 29.7. The molecule has 16 heteroatoms. The van der Waals surface area contributed by atoms with E-state index in [4.69, 9.17) is 24.5 Å². The second kappa shape index (κ2) is 30.1. The van der Waals surface area contributed by atoms with Crippen LogP contribution in [0.2, 0.25) is 0 Å². The van der Waals surface area contributed by atoms with E-state index in [-0.39, 0.29) is 72.4 Å². The van der Waals surface area contributed by atoms with Crippen LogP contribution in [0, 0.1) is 17.8 Å². The van der Waals surface area contributed by atoms with Crippen molar-refractivity contribution in [2.45, 2.75) is 196 Å². The van der Waals surface area contributed by atoms with E-state index in [2.05, 4.69) is 24.5 Å². The van der Waals surface area contributed by atoms with Crippen molar-refractivity contribution in [1.82, 2.24) is 10.6 Å². The molecule has 0 radical (unpaired) electrons. The molecular weight excluding hydrogens is 978 g/mol. The van der Waals surface area contributed by atoms with Crippen LogP contribution < -0.4 is 45.3 Å². The summed E-state index contributed by atoms with van der Waals surface area (Å²) in [6, 6.07) is 0. The number of rotatable bonds is 31. The number of carbonyl (C=O) groups is 3. The Morgan fingerprint density at radius 1 is 0.733 bits per heavy atom. The van der Waals surface area contributed by atoms with E-state index in [1.54, 1.807) is 13.0 Å². The Morgan fingerprint density at radius 2 is 1.28 bits per heavy atom. The van der Waals surface area contributed by atoms with Crippen LogP contribution in [-0.4, -0.2) is 73.3 Å². The first kappa shape index (κ1) is 61.7. The number of esters is 2. The molecule has 1 saturated carbocycles. The molecule has 1 aliphatic carbocycles. The van der Waals surface area contributed by atoms with Crippen LogP contribution in [0.5, 0.6) is 0 Å². The number of unbranched alkanes of at least 4 members (excludes halogenated alkanes) is 18. The molecule has 0 aromatic rings. The van der Waals surface area contributed by atoms with Crippen molar-refractivity contribution in [3.63, 3.8) is 0 Å². The first-order chi connectivity index (χ1) is 35.6. The minimum atomic E-state index is -4.34. The summed E-state index contributed by atoms with van der Waals surface area (Å²) in [4.78, 5) is 58.1. The number of ketones is 1. The predicted octanol–water partition coefficient (Wildman–Crippen LogP) is 8.40. The van der Waals surface area contributed by atoms with Crippen LogP contribution in [-0.2, 0) is 34.0 Å². The molecule has 75 heavy (non-hydrogen) atoms. The molecule has 5 heterocycles. The van der Waals surface area contributed by atoms with Crippen LogP contribution in [0.15, 0.2) is 107 Å². The number of allylic oxidation sites excluding steroid dienone is 11. The number of Topliss-reactive ketones (excluding diaryl/α,β-unsaturated/α-hetero) is 1. The third-order valence-electron chi connectivity index (χ3n) is 15.4. The topological polar surface area (TPSA) is 208 Å². The average Bonchev–Trinajstić information content (AvgIpc) is 4.11. The number of carbonyl (C=O) groups excluding carboxylic acids is 3. The Hall–Kier alpha value is -4.15. The quantitative estimate of drug-likeness (QED) is 0.0150. The molecule has 0 aromatic heterocycles. The van der Waals surface area contributed by atoms with Gasteiger partial charge in [-0.15, -0.1) is 0 Å². The molecule has 3 N–H and O–H groups in total. The smallest absolute Gasteiger partial charge is 0.860 e. The van der Waals surface area contributed by atoms with Gasteiger partial charge in [0.15, 0.2) is 5.78 Å². The van der Waals surface area contributed by atoms with Gasteiger partial charge in [-0.3, -0.25) is 18.9 Å². The van der Waals surface area contributed by atoms with Gasteiger partial charge in [0.05, 0.1) is 53.2 Å². The Balaban J connectivity index is 0.0000104. The van der Waals surface area contributed by atoms with Gasteiger partial charge in [-0.25, -0.2) is 15.0 Å². The summed E-state index contributed by atoms with van der Waals surface area (Å²) >= 11 is 0. The number of ether oxygens (including phenoxy) is 2. The van der Waals surface area contributed by atoms with E-state index in [0.717, 1.165) is 49.7 Å². The molecule has 6 aliphatic rings. The number of nitrogens with zero attached hydrogens (tertiary/aromatic N) is 3. The molecule has 8 bridgehead atoms. The Morgan fingerprint density at radius 3 is 1.85 bits per heavy atom. The van der Waals surface area contributed by atoms with Gasteiger partial charge in [0.25, 0.3) is 10.1 Å². The zero-order valence-corrected chi connectivity index (χ0v) is 49.3. The van der Waals surface area contributed by atoms with Gasteiger partial charge in [0.2, 0.25) is 0 Å². The van der Waals surface area contributed by atoms with Crippen LogP contribution in [0.3, 0.4) is 0 Å². The van der Waals surface area contributed by atoms with Crippen molar-refractivity contribution in [1.29, 1.82) is 0 Å². The minimum Gasteiger partial charge on any atom is -0.860 e. The van der Waals surface area contributed by atoms with Gasteiger partial charge >= 0.3 is 41.5 Å². The van der Waals surface area contributed by atoms with Crippen LogP contribution >= 0.6 is 0 Å². The average molecular weight is 1060 g/mol. The SMILES string of the molecule is CCCCCCCCCCCCOC(=O)CC[C@@H]1C2=C3C4=NC(=CC5=NC(=CC6=NC(=C(C)C6=C([O-])NCCS(=O)(=O)O)C=C(N2)[C@H]1C)C(C)=C5CC)C(C)=C4C(=O)[C@@H]3C(=O)OCCCCCCCCCCCC.[Na+]. The maximum atomic E-state index is 14.9. The molecule has 0 amide bonds. The fraction of sp³-hybridized carbons (Fsp3) is 0.627. The van der Waals surface area contributed by atoms with E-state index >= 15 is 0 Å². The molecule has 5 aliphatic heterocycles. The number of fused-ring (bicyclic) bond motifs is 5. The number of hydrogen-bond acceptors (Lipinski definition) is 13. The van der Waals surface area contributed by atoms with Crippen molar-refractivity contribution in [3.05, 3.63) is 91.6 Å². The van der Waals surface area contributed by atoms with Crippen molar-refractivity contribution in [3.8, 4) is 0 Å². The molecule has 6 rings (SSSR count). The fourth-order valence-electron chi connectivity index (χ4n) is 11.0. The van der Waals surface area contributed by atoms with Gasteiger partial charge in [-0.05, 0) is 92.9 Å². The summed E-state index contributed by atoms with van der Waals surface area (Å²) in [5, 5.41) is 20.2. The summed E-state index contributed by atoms with van der Waals surface area (Å²) < 4.78 is 44.4. The van der Waals surface area contributed by atoms with Crippen molar-refractivity contribution in [2.75, 3.05) is 25.5 Å². The second-order valence-electron chi connectivity index (χ2n) is 20.9. The van der Waals surface area contributed by atoms with Crippen molar-refractivity contribution < 1.29 is 71.5 Å². The van der Waals surface area contributed by atoms with Crippen molar-refractivity contribution >= 4 is 45.0 Å². The summed E-state index contributed by atoms with van der Waals surface area (Å²) in [5.41, 5.74) is 8.28. The largest absolute Gasteiger partial charge is 1.00 e. The monoisotopic (exact) mass is 1060 g/mol. The van der Waals surface area contributed by atoms with Gasteiger partial charge < -0.3 is 25.2 Å². The van der Waals surface area contributed by atoms with Crippen LogP contribution in [0.4, 0.5) is 0 Å². The zero-order valence-electron chi connectivity index (χ0n) is 46.5. The molecule has 0 aromatic carbocycles. The third kappa shape index (κ3) is 16.4. The van der Waals surface area contributed by atoms with Crippen molar-refractivity contribution in [2.24, 2.45) is 32.7 Å². The summed E-state index contributed by atoms with van der Waals surface area (Å²) in [6.07, 6.45) is 29.6. The van der Waals surface area contributed by atoms with Crippen LogP contribution in [0.1, 0.15) is 196 Å². The molecule has 0 spiro atoms. The van der Waals surface area contributed by atoms with Gasteiger partial charge in [0.1, 0.15) is 5.92 Å².